The van der Waals surface area contributed by atoms with E-state index >= 15 is 0 Å². The third kappa shape index (κ3) is 4.96. The van der Waals surface area contributed by atoms with Crippen LogP contribution in [0.15, 0.2) is 0 Å². The van der Waals surface area contributed by atoms with Crippen LogP contribution in [-0.4, -0.2) is 18.0 Å². The molecule has 0 rings (SSSR count). The van der Waals surface area contributed by atoms with Crippen LogP contribution in [0.2, 0.25) is 0 Å². The summed E-state index contributed by atoms with van der Waals surface area (Å²) in [5.74, 6) is 0.384. The molecule has 0 radical (unpaired) electrons. The maximum Gasteiger partial charge on any atom is 0.120 e. The van der Waals surface area contributed by atoms with Crippen LogP contribution in [0.25, 0.3) is 0 Å². The first kappa shape index (κ1) is 10.6. The Morgan fingerprint density at radius 2 is 2.09 bits per heavy atom. The molecule has 11 heavy (non-hydrogen) atoms. The van der Waals surface area contributed by atoms with Gasteiger partial charge in [-0.05, 0) is 17.8 Å². The zero-order chi connectivity index (χ0) is 8.91. The molecule has 0 saturated carbocycles. The first-order chi connectivity index (χ1) is 5.02. The van der Waals surface area contributed by atoms with Gasteiger partial charge in [-0.3, -0.25) is 0 Å². The van der Waals surface area contributed by atoms with Crippen LogP contribution in [0.5, 0.6) is 0 Å². The zero-order valence-electron chi connectivity index (χ0n) is 7.63. The summed E-state index contributed by atoms with van der Waals surface area (Å²) in [4.78, 5) is 10.1. The van der Waals surface area contributed by atoms with Crippen molar-refractivity contribution in [2.45, 2.75) is 33.6 Å². The first-order valence-electron chi connectivity index (χ1n) is 4.06. The molecule has 0 spiro atoms. The Morgan fingerprint density at radius 3 is 2.45 bits per heavy atom. The number of rotatable bonds is 5. The lowest BCUT2D eigenvalue weighted by molar-refractivity contribution is -0.108. The van der Waals surface area contributed by atoms with Crippen molar-refractivity contribution >= 4 is 6.29 Å². The fraction of sp³-hybridized carbons (Fsp3) is 0.889. The lowest BCUT2D eigenvalue weighted by Crippen LogP contribution is -2.20. The van der Waals surface area contributed by atoms with Crippen molar-refractivity contribution in [3.05, 3.63) is 0 Å². The predicted octanol–water partition coefficient (Wildman–Crippen LogP) is 1.62. The molecule has 2 heteroatoms. The maximum atomic E-state index is 10.1. The molecule has 0 aromatic rings. The lowest BCUT2D eigenvalue weighted by Gasteiger charge is -2.24. The number of hydrogen-bond donors (Lipinski definition) is 1. The van der Waals surface area contributed by atoms with Crippen molar-refractivity contribution in [2.75, 3.05) is 6.61 Å². The zero-order valence-corrected chi connectivity index (χ0v) is 7.63. The molecular weight excluding hydrogens is 140 g/mol. The van der Waals surface area contributed by atoms with E-state index in [4.69, 9.17) is 5.11 Å². The number of aldehydes is 1. The Balaban J connectivity index is 3.72. The van der Waals surface area contributed by atoms with Gasteiger partial charge in [-0.2, -0.15) is 0 Å². The molecule has 0 aliphatic rings. The highest BCUT2D eigenvalue weighted by Gasteiger charge is 2.19. The van der Waals surface area contributed by atoms with Gasteiger partial charge in [0, 0.05) is 13.0 Å². The van der Waals surface area contributed by atoms with Gasteiger partial charge in [0.05, 0.1) is 0 Å². The molecule has 1 unspecified atom stereocenters. The van der Waals surface area contributed by atoms with Crippen molar-refractivity contribution in [1.29, 1.82) is 0 Å². The fourth-order valence-electron chi connectivity index (χ4n) is 1.26. The molecule has 0 aliphatic carbocycles. The number of carbonyl (C=O) groups is 1. The second-order valence-electron chi connectivity index (χ2n) is 4.03. The molecule has 0 aromatic carbocycles. The Morgan fingerprint density at radius 1 is 1.55 bits per heavy atom. The average Bonchev–Trinajstić information content (AvgIpc) is 1.87. The summed E-state index contributed by atoms with van der Waals surface area (Å²) in [7, 11) is 0. The van der Waals surface area contributed by atoms with Crippen LogP contribution in [0, 0.1) is 11.3 Å². The molecule has 0 bridgehead atoms. The molecule has 0 heterocycles. The minimum atomic E-state index is -0.0393. The highest BCUT2D eigenvalue weighted by molar-refractivity contribution is 5.49. The largest absolute Gasteiger partial charge is 0.396 e. The molecule has 2 nitrogen and oxygen atoms in total. The summed E-state index contributed by atoms with van der Waals surface area (Å²) in [6.45, 7) is 6.24. The molecular formula is C9H18O2. The lowest BCUT2D eigenvalue weighted by atomic mass is 9.83. The molecule has 1 atom stereocenters. The van der Waals surface area contributed by atoms with E-state index in [1.807, 2.05) is 20.8 Å². The Bertz CT molecular complexity index is 119. The Hall–Kier alpha value is -0.370. The van der Waals surface area contributed by atoms with Gasteiger partial charge in [0.25, 0.3) is 0 Å². The number of carbonyl (C=O) groups excluding carboxylic acids is 1. The first-order valence-corrected chi connectivity index (χ1v) is 4.06. The van der Waals surface area contributed by atoms with Crippen molar-refractivity contribution in [2.24, 2.45) is 11.3 Å². The van der Waals surface area contributed by atoms with Crippen LogP contribution < -0.4 is 0 Å². The van der Waals surface area contributed by atoms with Crippen LogP contribution in [-0.2, 0) is 4.79 Å². The van der Waals surface area contributed by atoms with Gasteiger partial charge in [0.15, 0.2) is 0 Å². The summed E-state index contributed by atoms with van der Waals surface area (Å²) in [6, 6.07) is 0. The summed E-state index contributed by atoms with van der Waals surface area (Å²) in [5.41, 5.74) is -0.0393. The van der Waals surface area contributed by atoms with Crippen molar-refractivity contribution in [3.8, 4) is 0 Å². The van der Waals surface area contributed by atoms with E-state index in [0.717, 1.165) is 12.7 Å². The summed E-state index contributed by atoms with van der Waals surface area (Å²) in [6.07, 6.45) is 2.45. The molecule has 0 fully saturated rings. The van der Waals surface area contributed by atoms with Crippen molar-refractivity contribution in [3.63, 3.8) is 0 Å². The Labute approximate surface area is 68.6 Å². The van der Waals surface area contributed by atoms with Gasteiger partial charge in [0.2, 0.25) is 0 Å². The van der Waals surface area contributed by atoms with E-state index in [1.54, 1.807) is 0 Å². The summed E-state index contributed by atoms with van der Waals surface area (Å²) < 4.78 is 0. The van der Waals surface area contributed by atoms with Crippen LogP contribution in [0.4, 0.5) is 0 Å². The molecule has 0 aliphatic heterocycles. The van der Waals surface area contributed by atoms with Gasteiger partial charge in [-0.15, -0.1) is 0 Å². The van der Waals surface area contributed by atoms with Gasteiger partial charge in [0.1, 0.15) is 6.29 Å². The molecule has 0 aromatic heterocycles. The van der Waals surface area contributed by atoms with Crippen LogP contribution in [0.1, 0.15) is 33.6 Å². The minimum Gasteiger partial charge on any atom is -0.396 e. The van der Waals surface area contributed by atoms with E-state index in [0.29, 0.717) is 12.3 Å². The number of aliphatic hydroxyl groups is 1. The smallest absolute Gasteiger partial charge is 0.120 e. The number of aliphatic hydroxyl groups excluding tert-OH is 1. The van der Waals surface area contributed by atoms with Crippen LogP contribution >= 0.6 is 0 Å². The van der Waals surface area contributed by atoms with E-state index < -0.39 is 0 Å². The normalized spacial score (nSPS) is 14.5. The third-order valence-corrected chi connectivity index (χ3v) is 1.83. The van der Waals surface area contributed by atoms with E-state index in [2.05, 4.69) is 0 Å². The van der Waals surface area contributed by atoms with E-state index in [1.165, 1.54) is 0 Å². The van der Waals surface area contributed by atoms with Gasteiger partial charge in [-0.1, -0.05) is 20.8 Å². The SMILES string of the molecule is CC(CC=O)CC(C)(C)CO. The van der Waals surface area contributed by atoms with E-state index in [-0.39, 0.29) is 12.0 Å². The van der Waals surface area contributed by atoms with Crippen LogP contribution in [0.3, 0.4) is 0 Å². The second kappa shape index (κ2) is 4.50. The summed E-state index contributed by atoms with van der Waals surface area (Å²) >= 11 is 0. The standard InChI is InChI=1S/C9H18O2/c1-8(4-5-10)6-9(2,3)7-11/h5,8,11H,4,6-7H2,1-3H3. The van der Waals surface area contributed by atoms with Gasteiger partial charge in [-0.25, -0.2) is 0 Å². The summed E-state index contributed by atoms with van der Waals surface area (Å²) in [5, 5.41) is 8.92. The highest BCUT2D eigenvalue weighted by Crippen LogP contribution is 2.25. The van der Waals surface area contributed by atoms with E-state index in [9.17, 15) is 4.79 Å². The third-order valence-electron chi connectivity index (χ3n) is 1.83. The second-order valence-corrected chi connectivity index (χ2v) is 4.03. The molecule has 66 valence electrons. The van der Waals surface area contributed by atoms with Gasteiger partial charge >= 0.3 is 0 Å². The minimum absolute atomic E-state index is 0.0393. The molecule has 0 amide bonds. The number of hydrogen-bond acceptors (Lipinski definition) is 2. The predicted molar refractivity (Wildman–Crippen MR) is 45.3 cm³/mol. The fourth-order valence-corrected chi connectivity index (χ4v) is 1.26. The van der Waals surface area contributed by atoms with Crippen molar-refractivity contribution < 1.29 is 9.90 Å². The average molecular weight is 158 g/mol. The topological polar surface area (TPSA) is 37.3 Å². The molecule has 0 saturated heterocycles. The highest BCUT2D eigenvalue weighted by atomic mass is 16.3. The Kier molecular flexibility index (Phi) is 4.34. The maximum absolute atomic E-state index is 10.1. The monoisotopic (exact) mass is 158 g/mol. The molecule has 1 N–H and O–H groups in total. The quantitative estimate of drug-likeness (QED) is 0.617. The van der Waals surface area contributed by atoms with Crippen molar-refractivity contribution in [1.82, 2.24) is 0 Å². The van der Waals surface area contributed by atoms with Gasteiger partial charge < -0.3 is 9.90 Å².